The normalized spacial score (nSPS) is 15.0. The largest absolute Gasteiger partial charge is 0.496 e. The predicted molar refractivity (Wildman–Crippen MR) is 159 cm³/mol. The fourth-order valence-corrected chi connectivity index (χ4v) is 6.37. The van der Waals surface area contributed by atoms with Gasteiger partial charge < -0.3 is 18.9 Å². The number of halogens is 2. The molecular formula is C29H30BrClN2O6S. The first-order chi connectivity index (χ1) is 19.3. The molecule has 1 aliphatic rings. The van der Waals surface area contributed by atoms with E-state index in [4.69, 9.17) is 35.5 Å². The molecule has 0 N–H and O–H groups in total. The zero-order valence-electron chi connectivity index (χ0n) is 22.9. The highest BCUT2D eigenvalue weighted by atomic mass is 79.9. The maximum atomic E-state index is 14.1. The van der Waals surface area contributed by atoms with Crippen LogP contribution in [-0.4, -0.2) is 38.0 Å². The number of hydrogen-bond acceptors (Lipinski definition) is 8. The van der Waals surface area contributed by atoms with Crippen LogP contribution in [0.1, 0.15) is 50.8 Å². The van der Waals surface area contributed by atoms with Crippen LogP contribution in [0.3, 0.4) is 0 Å². The van der Waals surface area contributed by atoms with Crippen LogP contribution in [0.15, 0.2) is 55.9 Å². The van der Waals surface area contributed by atoms with Crippen molar-refractivity contribution in [3.05, 3.63) is 81.9 Å². The molecule has 0 fully saturated rings. The number of rotatable bonds is 10. The monoisotopic (exact) mass is 648 g/mol. The van der Waals surface area contributed by atoms with Crippen LogP contribution < -0.4 is 29.1 Å². The Morgan fingerprint density at radius 2 is 1.88 bits per heavy atom. The lowest BCUT2D eigenvalue weighted by Crippen LogP contribution is -2.40. The number of allylic oxidation sites excluding steroid dienone is 1. The molecule has 212 valence electrons. The molecule has 0 unspecified atom stereocenters. The van der Waals surface area contributed by atoms with Gasteiger partial charge in [0, 0.05) is 10.6 Å². The van der Waals surface area contributed by atoms with Gasteiger partial charge in [0.2, 0.25) is 0 Å². The third kappa shape index (κ3) is 5.84. The van der Waals surface area contributed by atoms with E-state index < -0.39 is 12.0 Å². The number of benzene rings is 2. The lowest BCUT2D eigenvalue weighted by Gasteiger charge is -2.27. The summed E-state index contributed by atoms with van der Waals surface area (Å²) in [6.45, 7) is 6.30. The Hall–Kier alpha value is -3.08. The first-order valence-electron chi connectivity index (χ1n) is 12.8. The summed E-state index contributed by atoms with van der Waals surface area (Å²) < 4.78 is 25.0. The number of methoxy groups -OCH3 is 2. The van der Waals surface area contributed by atoms with Crippen molar-refractivity contribution < 1.29 is 23.7 Å². The maximum absolute atomic E-state index is 14.1. The number of esters is 1. The maximum Gasteiger partial charge on any atom is 0.338 e. The van der Waals surface area contributed by atoms with E-state index in [1.54, 1.807) is 44.4 Å². The number of carbonyl (C=O) groups is 1. The standard InChI is InChI=1S/C29H30BrClN2O6S/c1-6-9-20-24(28(35)39-8-3)25(18-15-17(31)10-11-21(18)36-4)33-27(34)23(40-29(33)32-20)14-16-12-19(30)26(38-7-2)22(13-16)37-5/h10-15,25H,6-9H2,1-5H3/b23-14+/t25-/m1/s1. The Morgan fingerprint density at radius 1 is 1.12 bits per heavy atom. The van der Waals surface area contributed by atoms with Crippen molar-refractivity contribution >= 4 is 50.9 Å². The average molecular weight is 650 g/mol. The summed E-state index contributed by atoms with van der Waals surface area (Å²) in [6.07, 6.45) is 3.05. The molecule has 1 aliphatic heterocycles. The number of nitrogens with zero attached hydrogens (tertiary/aromatic N) is 2. The van der Waals surface area contributed by atoms with Gasteiger partial charge in [0.15, 0.2) is 16.3 Å². The molecule has 0 spiro atoms. The van der Waals surface area contributed by atoms with E-state index in [2.05, 4.69) is 15.9 Å². The Balaban J connectivity index is 2.02. The topological polar surface area (TPSA) is 88.4 Å². The van der Waals surface area contributed by atoms with Gasteiger partial charge in [0.1, 0.15) is 11.8 Å². The molecule has 0 saturated heterocycles. The Morgan fingerprint density at radius 3 is 2.52 bits per heavy atom. The van der Waals surface area contributed by atoms with Gasteiger partial charge in [0.25, 0.3) is 5.56 Å². The Kier molecular flexibility index (Phi) is 9.76. The van der Waals surface area contributed by atoms with E-state index in [1.165, 1.54) is 23.0 Å². The highest BCUT2D eigenvalue weighted by molar-refractivity contribution is 9.10. The van der Waals surface area contributed by atoms with Gasteiger partial charge >= 0.3 is 5.97 Å². The number of carbonyl (C=O) groups excluding carboxylic acids is 1. The first kappa shape index (κ1) is 29.9. The van der Waals surface area contributed by atoms with E-state index in [0.29, 0.717) is 65.9 Å². The first-order valence-corrected chi connectivity index (χ1v) is 14.8. The number of hydrogen-bond donors (Lipinski definition) is 0. The SMILES string of the molecule is CCCC1=C(C(=O)OCC)[C@@H](c2cc(Cl)ccc2OC)n2c(s/c(=C/c3cc(Br)c(OCC)c(OC)c3)c2=O)=N1. The van der Waals surface area contributed by atoms with Crippen LogP contribution >= 0.6 is 38.9 Å². The fraction of sp³-hybridized carbons (Fsp3) is 0.345. The summed E-state index contributed by atoms with van der Waals surface area (Å²) in [7, 11) is 3.10. The van der Waals surface area contributed by atoms with Crippen molar-refractivity contribution in [1.29, 1.82) is 0 Å². The minimum atomic E-state index is -0.839. The zero-order chi connectivity index (χ0) is 29.0. The van der Waals surface area contributed by atoms with Crippen molar-refractivity contribution in [3.8, 4) is 17.2 Å². The molecule has 2 aromatic carbocycles. The zero-order valence-corrected chi connectivity index (χ0v) is 26.0. The van der Waals surface area contributed by atoms with E-state index >= 15 is 0 Å². The quantitative estimate of drug-likeness (QED) is 0.273. The smallest absolute Gasteiger partial charge is 0.338 e. The van der Waals surface area contributed by atoms with Crippen LogP contribution in [0.5, 0.6) is 17.2 Å². The molecule has 4 rings (SSSR count). The van der Waals surface area contributed by atoms with Crippen LogP contribution in [0, 0.1) is 0 Å². The van der Waals surface area contributed by atoms with Crippen molar-refractivity contribution in [2.24, 2.45) is 4.99 Å². The second-order valence-electron chi connectivity index (χ2n) is 8.77. The molecule has 0 bridgehead atoms. The summed E-state index contributed by atoms with van der Waals surface area (Å²) in [4.78, 5) is 32.7. The Bertz CT molecular complexity index is 1650. The van der Waals surface area contributed by atoms with Crippen molar-refractivity contribution in [1.82, 2.24) is 4.57 Å². The second-order valence-corrected chi connectivity index (χ2v) is 11.1. The lowest BCUT2D eigenvalue weighted by molar-refractivity contribution is -0.139. The van der Waals surface area contributed by atoms with Gasteiger partial charge in [-0.3, -0.25) is 9.36 Å². The highest BCUT2D eigenvalue weighted by Gasteiger charge is 2.36. The summed E-state index contributed by atoms with van der Waals surface area (Å²) in [5, 5.41) is 0.446. The number of ether oxygens (including phenoxy) is 4. The van der Waals surface area contributed by atoms with Crippen LogP contribution in [0.25, 0.3) is 6.08 Å². The molecule has 40 heavy (non-hydrogen) atoms. The number of fused-ring (bicyclic) bond motifs is 1. The molecule has 0 amide bonds. The van der Waals surface area contributed by atoms with Gasteiger partial charge in [0.05, 0.1) is 47.7 Å². The molecular weight excluding hydrogens is 620 g/mol. The molecule has 11 heteroatoms. The third-order valence-corrected chi connectivity index (χ3v) is 8.02. The average Bonchev–Trinajstić information content (AvgIpc) is 3.23. The van der Waals surface area contributed by atoms with Crippen LogP contribution in [0.2, 0.25) is 5.02 Å². The molecule has 0 aliphatic carbocycles. The molecule has 3 aromatic rings. The fourth-order valence-electron chi connectivity index (χ4n) is 4.59. The minimum absolute atomic E-state index is 0.181. The van der Waals surface area contributed by atoms with Crippen LogP contribution in [0.4, 0.5) is 0 Å². The van der Waals surface area contributed by atoms with E-state index in [9.17, 15) is 9.59 Å². The second kappa shape index (κ2) is 13.1. The van der Waals surface area contributed by atoms with Gasteiger partial charge in [-0.2, -0.15) is 0 Å². The molecule has 0 saturated carbocycles. The van der Waals surface area contributed by atoms with E-state index in [0.717, 1.165) is 12.0 Å². The van der Waals surface area contributed by atoms with E-state index in [1.807, 2.05) is 19.9 Å². The highest BCUT2D eigenvalue weighted by Crippen LogP contribution is 2.39. The third-order valence-electron chi connectivity index (χ3n) is 6.22. The minimum Gasteiger partial charge on any atom is -0.496 e. The molecule has 0 radical (unpaired) electrons. The molecule has 2 heterocycles. The summed E-state index contributed by atoms with van der Waals surface area (Å²) >= 11 is 11.2. The van der Waals surface area contributed by atoms with Crippen molar-refractivity contribution in [2.75, 3.05) is 27.4 Å². The summed E-state index contributed by atoms with van der Waals surface area (Å²) in [5.41, 5.74) is 1.87. The Labute approximate surface area is 249 Å². The summed E-state index contributed by atoms with van der Waals surface area (Å²) in [5.74, 6) is 1.08. The molecule has 1 atom stereocenters. The van der Waals surface area contributed by atoms with Crippen LogP contribution in [-0.2, 0) is 9.53 Å². The number of thiazole rings is 1. The van der Waals surface area contributed by atoms with Gasteiger partial charge in [-0.15, -0.1) is 0 Å². The lowest BCUT2D eigenvalue weighted by atomic mass is 9.93. The molecule has 8 nitrogen and oxygen atoms in total. The van der Waals surface area contributed by atoms with Crippen molar-refractivity contribution in [2.45, 2.75) is 39.7 Å². The number of aromatic nitrogens is 1. The predicted octanol–water partition coefficient (Wildman–Crippen LogP) is 5.41. The van der Waals surface area contributed by atoms with Gasteiger partial charge in [-0.05, 0) is 78.2 Å². The van der Waals surface area contributed by atoms with Gasteiger partial charge in [-0.1, -0.05) is 36.3 Å². The molecule has 1 aromatic heterocycles. The summed E-state index contributed by atoms with van der Waals surface area (Å²) in [6, 6.07) is 7.96. The van der Waals surface area contributed by atoms with Gasteiger partial charge in [-0.25, -0.2) is 9.79 Å². The van der Waals surface area contributed by atoms with Crippen molar-refractivity contribution in [3.63, 3.8) is 0 Å². The van der Waals surface area contributed by atoms with E-state index in [-0.39, 0.29) is 12.2 Å².